The third-order valence-corrected chi connectivity index (χ3v) is 4.60. The number of para-hydroxylation sites is 1. The first kappa shape index (κ1) is 14.5. The van der Waals surface area contributed by atoms with Gasteiger partial charge in [0.15, 0.2) is 0 Å². The Labute approximate surface area is 129 Å². The number of nitrogens with zero attached hydrogens (tertiary/aromatic N) is 2. The van der Waals surface area contributed by atoms with E-state index < -0.39 is 6.36 Å². The molecule has 23 heavy (non-hydrogen) atoms. The SMILES string of the molecule is N[C@@H]1C[C@H](c2nc(-c3ccccc3OC(F)(F)F)no2)[C@H]2C[C@H]21. The van der Waals surface area contributed by atoms with Gasteiger partial charge in [-0.05, 0) is 36.8 Å². The number of hydrogen-bond acceptors (Lipinski definition) is 5. The third-order valence-electron chi connectivity index (χ3n) is 4.60. The maximum absolute atomic E-state index is 12.5. The Bertz CT molecular complexity index is 731. The average Bonchev–Trinajstić information content (AvgIpc) is 3.00. The Hall–Kier alpha value is -2.09. The van der Waals surface area contributed by atoms with E-state index in [1.54, 1.807) is 6.07 Å². The summed E-state index contributed by atoms with van der Waals surface area (Å²) in [5, 5.41) is 3.83. The van der Waals surface area contributed by atoms with Crippen LogP contribution in [0.25, 0.3) is 11.4 Å². The molecule has 2 aromatic rings. The van der Waals surface area contributed by atoms with Crippen LogP contribution < -0.4 is 10.5 Å². The smallest absolute Gasteiger partial charge is 0.405 e. The van der Waals surface area contributed by atoms with Crippen molar-refractivity contribution in [2.45, 2.75) is 31.2 Å². The van der Waals surface area contributed by atoms with E-state index in [1.165, 1.54) is 18.2 Å². The van der Waals surface area contributed by atoms with Crippen LogP contribution in [0.5, 0.6) is 5.75 Å². The second-order valence-corrected chi connectivity index (χ2v) is 6.07. The third kappa shape index (κ3) is 2.67. The van der Waals surface area contributed by atoms with E-state index in [0.717, 1.165) is 12.8 Å². The lowest BCUT2D eigenvalue weighted by atomic mass is 10.0. The van der Waals surface area contributed by atoms with Crippen molar-refractivity contribution in [2.75, 3.05) is 0 Å². The highest BCUT2D eigenvalue weighted by molar-refractivity contribution is 5.63. The van der Waals surface area contributed by atoms with Gasteiger partial charge in [-0.25, -0.2) is 0 Å². The fourth-order valence-corrected chi connectivity index (χ4v) is 3.48. The second-order valence-electron chi connectivity index (χ2n) is 6.07. The highest BCUT2D eigenvalue weighted by Crippen LogP contribution is 2.58. The van der Waals surface area contributed by atoms with Crippen molar-refractivity contribution in [3.63, 3.8) is 0 Å². The molecule has 0 unspecified atom stereocenters. The highest BCUT2D eigenvalue weighted by Gasteiger charge is 2.55. The molecule has 4 rings (SSSR count). The predicted molar refractivity (Wildman–Crippen MR) is 73.3 cm³/mol. The highest BCUT2D eigenvalue weighted by atomic mass is 19.4. The molecule has 4 atom stereocenters. The van der Waals surface area contributed by atoms with E-state index in [1.807, 2.05) is 0 Å². The molecule has 2 saturated carbocycles. The van der Waals surface area contributed by atoms with Gasteiger partial charge in [0, 0.05) is 12.0 Å². The molecule has 0 radical (unpaired) electrons. The molecule has 2 aliphatic carbocycles. The summed E-state index contributed by atoms with van der Waals surface area (Å²) >= 11 is 0. The largest absolute Gasteiger partial charge is 0.573 e. The van der Waals surface area contributed by atoms with Gasteiger partial charge in [0.2, 0.25) is 11.7 Å². The molecule has 5 nitrogen and oxygen atoms in total. The number of ether oxygens (including phenoxy) is 1. The average molecular weight is 325 g/mol. The lowest BCUT2D eigenvalue weighted by molar-refractivity contribution is -0.274. The van der Waals surface area contributed by atoms with Crippen molar-refractivity contribution < 1.29 is 22.4 Å². The van der Waals surface area contributed by atoms with Crippen molar-refractivity contribution in [1.82, 2.24) is 10.1 Å². The molecule has 0 saturated heterocycles. The summed E-state index contributed by atoms with van der Waals surface area (Å²) in [7, 11) is 0. The number of hydrogen-bond donors (Lipinski definition) is 1. The molecule has 2 aliphatic rings. The van der Waals surface area contributed by atoms with Crippen LogP contribution in [-0.2, 0) is 0 Å². The minimum absolute atomic E-state index is 0.0949. The van der Waals surface area contributed by atoms with E-state index in [9.17, 15) is 13.2 Å². The normalized spacial score (nSPS) is 29.4. The van der Waals surface area contributed by atoms with Crippen LogP contribution in [0.3, 0.4) is 0 Å². The van der Waals surface area contributed by atoms with Gasteiger partial charge in [-0.2, -0.15) is 4.98 Å². The molecule has 0 amide bonds. The van der Waals surface area contributed by atoms with Gasteiger partial charge in [0.05, 0.1) is 5.56 Å². The zero-order valence-electron chi connectivity index (χ0n) is 12.0. The number of rotatable bonds is 3. The second kappa shape index (κ2) is 4.95. The van der Waals surface area contributed by atoms with Crippen LogP contribution in [-0.4, -0.2) is 22.5 Å². The Morgan fingerprint density at radius 2 is 1.96 bits per heavy atom. The molecule has 8 heteroatoms. The Kier molecular flexibility index (Phi) is 3.12. The van der Waals surface area contributed by atoms with Crippen LogP contribution in [0.2, 0.25) is 0 Å². The first-order valence-electron chi connectivity index (χ1n) is 7.37. The number of benzene rings is 1. The van der Waals surface area contributed by atoms with Crippen LogP contribution in [0.15, 0.2) is 28.8 Å². The van der Waals surface area contributed by atoms with Crippen LogP contribution in [0.4, 0.5) is 13.2 Å². The van der Waals surface area contributed by atoms with Crippen molar-refractivity contribution in [2.24, 2.45) is 17.6 Å². The monoisotopic (exact) mass is 325 g/mol. The Morgan fingerprint density at radius 3 is 2.61 bits per heavy atom. The van der Waals surface area contributed by atoms with Gasteiger partial charge in [-0.15, -0.1) is 13.2 Å². The standard InChI is InChI=1S/C15H14F3N3O2/c16-15(17,18)22-12-4-2-1-3-7(12)13-20-14(23-21-13)10-6-11(19)9-5-8(9)10/h1-4,8-11H,5-6,19H2/t8-,9+,10-,11+/m0/s1. The fraction of sp³-hybridized carbons (Fsp3) is 0.467. The molecule has 1 aromatic carbocycles. The summed E-state index contributed by atoms with van der Waals surface area (Å²) in [4.78, 5) is 4.28. The van der Waals surface area contributed by atoms with Crippen LogP contribution in [0, 0.1) is 11.8 Å². The molecule has 0 aliphatic heterocycles. The summed E-state index contributed by atoms with van der Waals surface area (Å²) in [5.74, 6) is 1.27. The summed E-state index contributed by atoms with van der Waals surface area (Å²) in [6.45, 7) is 0. The van der Waals surface area contributed by atoms with Crippen molar-refractivity contribution >= 4 is 0 Å². The minimum Gasteiger partial charge on any atom is -0.405 e. The van der Waals surface area contributed by atoms with Gasteiger partial charge in [-0.1, -0.05) is 17.3 Å². The quantitative estimate of drug-likeness (QED) is 0.938. The van der Waals surface area contributed by atoms with Crippen LogP contribution in [0.1, 0.15) is 24.7 Å². The lowest BCUT2D eigenvalue weighted by Gasteiger charge is -2.11. The summed E-state index contributed by atoms with van der Waals surface area (Å²) in [5.41, 5.74) is 6.17. The van der Waals surface area contributed by atoms with Crippen molar-refractivity contribution in [3.05, 3.63) is 30.2 Å². The van der Waals surface area contributed by atoms with E-state index in [0.29, 0.717) is 17.7 Å². The first-order valence-corrected chi connectivity index (χ1v) is 7.37. The summed E-state index contributed by atoms with van der Waals surface area (Å²) in [6, 6.07) is 5.88. The van der Waals surface area contributed by atoms with Gasteiger partial charge in [0.1, 0.15) is 5.75 Å². The summed E-state index contributed by atoms with van der Waals surface area (Å²) < 4.78 is 46.8. The zero-order chi connectivity index (χ0) is 16.2. The van der Waals surface area contributed by atoms with Gasteiger partial charge < -0.3 is 15.0 Å². The fourth-order valence-electron chi connectivity index (χ4n) is 3.48. The maximum atomic E-state index is 12.5. The molecule has 1 heterocycles. The molecule has 0 bridgehead atoms. The molecule has 2 N–H and O–H groups in total. The number of aromatic nitrogens is 2. The first-order chi connectivity index (χ1) is 10.9. The molecule has 1 aromatic heterocycles. The number of nitrogens with two attached hydrogens (primary N) is 1. The molecule has 0 spiro atoms. The van der Waals surface area contributed by atoms with Crippen molar-refractivity contribution in [3.8, 4) is 17.1 Å². The van der Waals surface area contributed by atoms with Crippen molar-refractivity contribution in [1.29, 1.82) is 0 Å². The number of halogens is 3. The number of fused-ring (bicyclic) bond motifs is 1. The summed E-state index contributed by atoms with van der Waals surface area (Å²) in [6.07, 6.45) is -2.95. The van der Waals surface area contributed by atoms with E-state index in [-0.39, 0.29) is 29.1 Å². The van der Waals surface area contributed by atoms with E-state index in [4.69, 9.17) is 10.3 Å². The molecular formula is C15H14F3N3O2. The molecule has 122 valence electrons. The van der Waals surface area contributed by atoms with Crippen LogP contribution >= 0.6 is 0 Å². The number of alkyl halides is 3. The molecular weight excluding hydrogens is 311 g/mol. The molecule has 2 fully saturated rings. The van der Waals surface area contributed by atoms with Gasteiger partial charge >= 0.3 is 6.36 Å². The predicted octanol–water partition coefficient (Wildman–Crippen LogP) is 3.09. The maximum Gasteiger partial charge on any atom is 0.573 e. The van der Waals surface area contributed by atoms with Gasteiger partial charge in [0.25, 0.3) is 0 Å². The zero-order valence-corrected chi connectivity index (χ0v) is 12.0. The van der Waals surface area contributed by atoms with E-state index >= 15 is 0 Å². The van der Waals surface area contributed by atoms with E-state index in [2.05, 4.69) is 14.9 Å². The lowest BCUT2D eigenvalue weighted by Crippen LogP contribution is -2.19. The topological polar surface area (TPSA) is 74.2 Å². The minimum atomic E-state index is -4.78. The van der Waals surface area contributed by atoms with Gasteiger partial charge in [-0.3, -0.25) is 0 Å². The Balaban J connectivity index is 1.62. The Morgan fingerprint density at radius 1 is 1.17 bits per heavy atom.